The van der Waals surface area contributed by atoms with Crippen LogP contribution >= 0.6 is 0 Å². The average molecular weight is 479 g/mol. The topological polar surface area (TPSA) is 49.5 Å². The third-order valence-electron chi connectivity index (χ3n) is 6.79. The molecule has 0 unspecified atom stereocenters. The first-order valence-electron chi connectivity index (χ1n) is 13.1. The maximum atomic E-state index is 8.95. The first kappa shape index (κ1) is 24.1. The number of hydrogen-bond acceptors (Lipinski definition) is 4. The summed E-state index contributed by atoms with van der Waals surface area (Å²) < 4.78 is 5.87. The van der Waals surface area contributed by atoms with E-state index in [1.54, 1.807) is 0 Å². The van der Waals surface area contributed by atoms with Gasteiger partial charge in [-0.25, -0.2) is 4.98 Å². The zero-order valence-corrected chi connectivity index (χ0v) is 20.8. The van der Waals surface area contributed by atoms with E-state index >= 15 is 0 Å². The molecule has 1 aromatic heterocycles. The summed E-state index contributed by atoms with van der Waals surface area (Å²) in [5.74, 6) is 0.652. The van der Waals surface area contributed by atoms with E-state index in [-0.39, 0.29) is 0 Å². The molecular weight excluding hydrogens is 444 g/mol. The van der Waals surface area contributed by atoms with Crippen LogP contribution in [0.1, 0.15) is 48.8 Å². The van der Waals surface area contributed by atoms with E-state index < -0.39 is 0 Å². The number of oxazole rings is 1. The summed E-state index contributed by atoms with van der Waals surface area (Å²) in [7, 11) is 0. The molecule has 0 radical (unpaired) electrons. The fraction of sp³-hybridized carbons (Fsp3) is 0.281. The number of aliphatic hydroxyl groups is 1. The van der Waals surface area contributed by atoms with Crippen LogP contribution in [0.3, 0.4) is 0 Å². The van der Waals surface area contributed by atoms with Crippen molar-refractivity contribution in [2.45, 2.75) is 38.5 Å². The summed E-state index contributed by atoms with van der Waals surface area (Å²) in [6.07, 6.45) is 15.3. The maximum absolute atomic E-state index is 8.95. The van der Waals surface area contributed by atoms with E-state index in [2.05, 4.69) is 76.7 Å². The van der Waals surface area contributed by atoms with Crippen LogP contribution in [-0.4, -0.2) is 29.8 Å². The number of aliphatic hydroxyl groups excluding tert-OH is 1. The summed E-state index contributed by atoms with van der Waals surface area (Å²) in [5.41, 5.74) is 7.91. The van der Waals surface area contributed by atoms with Gasteiger partial charge in [0.25, 0.3) is 0 Å². The molecule has 0 aliphatic carbocycles. The van der Waals surface area contributed by atoms with Gasteiger partial charge in [0.05, 0.1) is 0 Å². The van der Waals surface area contributed by atoms with E-state index in [0.717, 1.165) is 54.6 Å². The highest BCUT2D eigenvalue weighted by molar-refractivity contribution is 5.76. The lowest BCUT2D eigenvalue weighted by molar-refractivity contribution is 0.282. The lowest BCUT2D eigenvalue weighted by Crippen LogP contribution is -2.30. The molecule has 5 rings (SSSR count). The average Bonchev–Trinajstić information content (AvgIpc) is 3.36. The van der Waals surface area contributed by atoms with Crippen molar-refractivity contribution < 1.29 is 9.52 Å². The summed E-state index contributed by atoms with van der Waals surface area (Å²) in [4.78, 5) is 7.11. The Hall–Kier alpha value is -3.63. The molecule has 184 valence electrons. The molecule has 0 saturated carbocycles. The summed E-state index contributed by atoms with van der Waals surface area (Å²) in [5, 5.41) is 8.95. The van der Waals surface area contributed by atoms with Gasteiger partial charge in [-0.15, -0.1) is 0 Å². The Balaban J connectivity index is 1.18. The number of hydrogen-bond donors (Lipinski definition) is 1. The van der Waals surface area contributed by atoms with E-state index in [1.807, 2.05) is 24.3 Å². The van der Waals surface area contributed by atoms with Crippen molar-refractivity contribution in [2.24, 2.45) is 0 Å². The molecule has 36 heavy (non-hydrogen) atoms. The standard InChI is InChI=1S/C32H34N2O2/c35-23-8-2-1-7-21-34-22-9-12-28-24-26(17-20-30(28)34)11-4-3-10-25-15-18-27(19-16-25)32-33-29-13-5-6-14-31(29)36-32/h3-6,10-11,13-20,24,35H,1-2,7-9,12,21-23H2. The molecule has 0 atom stereocenters. The van der Waals surface area contributed by atoms with Gasteiger partial charge in [-0.05, 0) is 78.8 Å². The highest BCUT2D eigenvalue weighted by atomic mass is 16.3. The molecule has 4 heteroatoms. The van der Waals surface area contributed by atoms with Crippen LogP contribution in [0.25, 0.3) is 34.7 Å². The number of unbranched alkanes of at least 4 members (excludes halogenated alkanes) is 3. The van der Waals surface area contributed by atoms with Crippen LogP contribution in [0.15, 0.2) is 83.3 Å². The Bertz CT molecular complexity index is 1300. The number of fused-ring (bicyclic) bond motifs is 2. The van der Waals surface area contributed by atoms with Crippen LogP contribution in [-0.2, 0) is 6.42 Å². The highest BCUT2D eigenvalue weighted by Gasteiger charge is 2.16. The second-order valence-corrected chi connectivity index (χ2v) is 9.44. The minimum absolute atomic E-state index is 0.311. The van der Waals surface area contributed by atoms with Gasteiger partial charge in [-0.2, -0.15) is 0 Å². The minimum Gasteiger partial charge on any atom is -0.436 e. The first-order chi connectivity index (χ1) is 17.8. The molecule has 1 aliphatic heterocycles. The normalized spacial score (nSPS) is 13.8. The number of aromatic nitrogens is 1. The molecule has 3 aromatic carbocycles. The van der Waals surface area contributed by atoms with Crippen LogP contribution in [0.2, 0.25) is 0 Å². The van der Waals surface area contributed by atoms with Gasteiger partial charge in [-0.1, -0.05) is 67.5 Å². The molecule has 4 aromatic rings. The zero-order chi connectivity index (χ0) is 24.6. The third kappa shape index (κ3) is 5.95. The van der Waals surface area contributed by atoms with Crippen molar-refractivity contribution in [1.82, 2.24) is 4.98 Å². The summed E-state index contributed by atoms with van der Waals surface area (Å²) >= 11 is 0. The fourth-order valence-electron chi connectivity index (χ4n) is 4.86. The number of nitrogens with zero attached hydrogens (tertiary/aromatic N) is 2. The molecule has 4 nitrogen and oxygen atoms in total. The SMILES string of the molecule is OCCCCCCN1CCCc2cc(C=CC=Cc3ccc(-c4nc5ccccc5o4)cc3)ccc21. The Kier molecular flexibility index (Phi) is 7.94. The van der Waals surface area contributed by atoms with Crippen molar-refractivity contribution in [3.63, 3.8) is 0 Å². The molecule has 2 heterocycles. The molecule has 0 bridgehead atoms. The molecule has 0 fully saturated rings. The van der Waals surface area contributed by atoms with Gasteiger partial charge in [-0.3, -0.25) is 0 Å². The largest absolute Gasteiger partial charge is 0.436 e. The number of benzene rings is 3. The Labute approximate surface area is 213 Å². The van der Waals surface area contributed by atoms with Crippen LogP contribution in [0.4, 0.5) is 5.69 Å². The van der Waals surface area contributed by atoms with Gasteiger partial charge in [0.2, 0.25) is 5.89 Å². The Morgan fingerprint density at radius 1 is 0.861 bits per heavy atom. The van der Waals surface area contributed by atoms with E-state index in [1.165, 1.54) is 36.1 Å². The predicted molar refractivity (Wildman–Crippen MR) is 150 cm³/mol. The molecule has 0 saturated heterocycles. The molecule has 0 amide bonds. The second-order valence-electron chi connectivity index (χ2n) is 9.44. The monoisotopic (exact) mass is 478 g/mol. The predicted octanol–water partition coefficient (Wildman–Crippen LogP) is 7.53. The third-order valence-corrected chi connectivity index (χ3v) is 6.79. The number of aryl methyl sites for hydroxylation is 1. The quantitative estimate of drug-likeness (QED) is 0.189. The van der Waals surface area contributed by atoms with Gasteiger partial charge in [0.15, 0.2) is 5.58 Å². The van der Waals surface area contributed by atoms with E-state index in [4.69, 9.17) is 9.52 Å². The summed E-state index contributed by atoms with van der Waals surface area (Å²) in [6, 6.07) is 23.0. The number of rotatable bonds is 10. The molecule has 0 spiro atoms. The number of allylic oxidation sites excluding steroid dienone is 2. The van der Waals surface area contributed by atoms with Crippen LogP contribution in [0, 0.1) is 0 Å². The van der Waals surface area contributed by atoms with Crippen LogP contribution < -0.4 is 4.90 Å². The van der Waals surface area contributed by atoms with Crippen LogP contribution in [0.5, 0.6) is 0 Å². The van der Waals surface area contributed by atoms with Gasteiger partial charge < -0.3 is 14.4 Å². The highest BCUT2D eigenvalue weighted by Crippen LogP contribution is 2.29. The van der Waals surface area contributed by atoms with Gasteiger partial charge in [0.1, 0.15) is 5.52 Å². The van der Waals surface area contributed by atoms with Gasteiger partial charge in [0, 0.05) is 30.9 Å². The number of anilines is 1. The maximum Gasteiger partial charge on any atom is 0.227 e. The summed E-state index contributed by atoms with van der Waals surface area (Å²) in [6.45, 7) is 2.57. The second kappa shape index (κ2) is 11.9. The Morgan fingerprint density at radius 3 is 2.47 bits per heavy atom. The van der Waals surface area contributed by atoms with Crippen molar-refractivity contribution in [1.29, 1.82) is 0 Å². The van der Waals surface area contributed by atoms with Crippen molar-refractivity contribution in [2.75, 3.05) is 24.6 Å². The van der Waals surface area contributed by atoms with Gasteiger partial charge >= 0.3 is 0 Å². The number of para-hydroxylation sites is 2. The van der Waals surface area contributed by atoms with Crippen molar-refractivity contribution in [3.8, 4) is 11.5 Å². The fourth-order valence-corrected chi connectivity index (χ4v) is 4.86. The van der Waals surface area contributed by atoms with Crippen molar-refractivity contribution in [3.05, 3.63) is 95.6 Å². The minimum atomic E-state index is 0.311. The lowest BCUT2D eigenvalue weighted by atomic mass is 9.98. The van der Waals surface area contributed by atoms with E-state index in [0.29, 0.717) is 12.5 Å². The lowest BCUT2D eigenvalue weighted by Gasteiger charge is -2.31. The van der Waals surface area contributed by atoms with E-state index in [9.17, 15) is 0 Å². The van der Waals surface area contributed by atoms with Crippen molar-refractivity contribution >= 4 is 28.9 Å². The first-order valence-corrected chi connectivity index (χ1v) is 13.1. The zero-order valence-electron chi connectivity index (χ0n) is 20.8. The smallest absolute Gasteiger partial charge is 0.227 e. The molecule has 1 aliphatic rings. The Morgan fingerprint density at radius 2 is 1.64 bits per heavy atom. The molecular formula is C32H34N2O2. The molecule has 1 N–H and O–H groups in total.